The molecule has 1 aliphatic rings. The number of rotatable bonds is 8. The van der Waals surface area contributed by atoms with E-state index < -0.39 is 0 Å². The van der Waals surface area contributed by atoms with Crippen molar-refractivity contribution >= 4 is 5.69 Å². The van der Waals surface area contributed by atoms with Gasteiger partial charge >= 0.3 is 0 Å². The summed E-state index contributed by atoms with van der Waals surface area (Å²) < 4.78 is 10.8. The van der Waals surface area contributed by atoms with Gasteiger partial charge in [0.1, 0.15) is 5.75 Å². The van der Waals surface area contributed by atoms with E-state index >= 15 is 0 Å². The van der Waals surface area contributed by atoms with Crippen molar-refractivity contribution in [1.29, 1.82) is 0 Å². The summed E-state index contributed by atoms with van der Waals surface area (Å²) in [5.74, 6) is 1.65. The zero-order valence-corrected chi connectivity index (χ0v) is 13.6. The molecular weight excluding hydrogens is 264 g/mol. The van der Waals surface area contributed by atoms with E-state index in [0.29, 0.717) is 12.6 Å². The quantitative estimate of drug-likeness (QED) is 0.800. The van der Waals surface area contributed by atoms with Crippen LogP contribution in [0.1, 0.15) is 38.3 Å². The molecule has 2 rings (SSSR count). The summed E-state index contributed by atoms with van der Waals surface area (Å²) in [6, 6.07) is 6.62. The van der Waals surface area contributed by atoms with Crippen LogP contribution in [-0.4, -0.2) is 33.4 Å². The minimum absolute atomic E-state index is 0.0624. The smallest absolute Gasteiger partial charge is 0.125 e. The third kappa shape index (κ3) is 3.69. The summed E-state index contributed by atoms with van der Waals surface area (Å²) in [4.78, 5) is 2.43. The van der Waals surface area contributed by atoms with Crippen LogP contribution in [0.2, 0.25) is 0 Å². The minimum Gasteiger partial charge on any atom is -0.496 e. The summed E-state index contributed by atoms with van der Waals surface area (Å²) in [5, 5.41) is 0. The Morgan fingerprint density at radius 1 is 1.29 bits per heavy atom. The van der Waals surface area contributed by atoms with Gasteiger partial charge in [-0.1, -0.05) is 6.07 Å². The van der Waals surface area contributed by atoms with Crippen molar-refractivity contribution in [3.05, 3.63) is 23.8 Å². The van der Waals surface area contributed by atoms with Gasteiger partial charge in [-0.2, -0.15) is 0 Å². The lowest BCUT2D eigenvalue weighted by Crippen LogP contribution is -2.38. The zero-order valence-electron chi connectivity index (χ0n) is 13.6. The van der Waals surface area contributed by atoms with Gasteiger partial charge in [0.05, 0.1) is 13.7 Å². The summed E-state index contributed by atoms with van der Waals surface area (Å²) in [7, 11) is 3.45. The number of anilines is 1. The fourth-order valence-corrected chi connectivity index (χ4v) is 2.98. The lowest BCUT2D eigenvalue weighted by atomic mass is 10.0. The molecule has 1 saturated carbocycles. The van der Waals surface area contributed by atoms with Crippen molar-refractivity contribution in [2.45, 2.75) is 38.8 Å². The molecule has 118 valence electrons. The molecule has 1 aromatic rings. The molecule has 0 aliphatic heterocycles. The molecule has 0 aromatic heterocycles. The van der Waals surface area contributed by atoms with E-state index in [2.05, 4.69) is 17.9 Å². The van der Waals surface area contributed by atoms with E-state index in [1.54, 1.807) is 14.2 Å². The summed E-state index contributed by atoms with van der Waals surface area (Å²) in [6.45, 7) is 5.91. The maximum Gasteiger partial charge on any atom is 0.125 e. The molecule has 2 atom stereocenters. The van der Waals surface area contributed by atoms with Crippen LogP contribution in [0.15, 0.2) is 18.2 Å². The Hall–Kier alpha value is -1.26. The first-order valence-corrected chi connectivity index (χ1v) is 7.78. The van der Waals surface area contributed by atoms with Crippen molar-refractivity contribution < 1.29 is 9.47 Å². The van der Waals surface area contributed by atoms with Gasteiger partial charge in [-0.05, 0) is 44.7 Å². The highest BCUT2D eigenvalue weighted by Crippen LogP contribution is 2.40. The molecule has 0 bridgehead atoms. The van der Waals surface area contributed by atoms with Gasteiger partial charge in [-0.25, -0.2) is 0 Å². The summed E-state index contributed by atoms with van der Waals surface area (Å²) in [6.07, 6.45) is 2.64. The molecule has 4 heteroatoms. The van der Waals surface area contributed by atoms with Gasteiger partial charge in [0.2, 0.25) is 0 Å². The number of hydrogen-bond acceptors (Lipinski definition) is 4. The third-order valence-electron chi connectivity index (χ3n) is 4.36. The molecule has 0 saturated heterocycles. The van der Waals surface area contributed by atoms with Gasteiger partial charge in [0.15, 0.2) is 0 Å². The van der Waals surface area contributed by atoms with E-state index in [-0.39, 0.29) is 6.04 Å². The molecule has 1 fully saturated rings. The van der Waals surface area contributed by atoms with Crippen molar-refractivity contribution in [1.82, 2.24) is 0 Å². The van der Waals surface area contributed by atoms with Gasteiger partial charge < -0.3 is 20.1 Å². The number of benzene rings is 1. The number of nitrogens with two attached hydrogens (primary N) is 1. The highest BCUT2D eigenvalue weighted by molar-refractivity contribution is 5.61. The monoisotopic (exact) mass is 292 g/mol. The number of nitrogens with zero attached hydrogens (tertiary/aromatic N) is 1. The fourth-order valence-electron chi connectivity index (χ4n) is 2.98. The topological polar surface area (TPSA) is 47.7 Å². The zero-order chi connectivity index (χ0) is 15.4. The van der Waals surface area contributed by atoms with Crippen LogP contribution in [0, 0.1) is 5.92 Å². The third-order valence-corrected chi connectivity index (χ3v) is 4.36. The maximum absolute atomic E-state index is 6.21. The molecule has 4 nitrogen and oxygen atoms in total. The number of methoxy groups -OCH3 is 2. The van der Waals surface area contributed by atoms with Crippen molar-refractivity contribution in [2.24, 2.45) is 11.7 Å². The molecule has 1 unspecified atom stereocenters. The summed E-state index contributed by atoms with van der Waals surface area (Å²) >= 11 is 0. The molecule has 1 aromatic carbocycles. The first-order valence-electron chi connectivity index (χ1n) is 7.78. The SMILES string of the molecule is COCCN(c1cccc(OC)c1[C@H](C)N)C(C)C1CC1. The van der Waals surface area contributed by atoms with Crippen molar-refractivity contribution in [2.75, 3.05) is 32.3 Å². The maximum atomic E-state index is 6.21. The van der Waals surface area contributed by atoms with Gasteiger partial charge in [-0.15, -0.1) is 0 Å². The normalized spacial score (nSPS) is 17.4. The Labute approximate surface area is 128 Å². The molecule has 21 heavy (non-hydrogen) atoms. The molecule has 2 N–H and O–H groups in total. The Kier molecular flexibility index (Phi) is 5.48. The molecule has 0 heterocycles. The predicted molar refractivity (Wildman–Crippen MR) is 87.0 cm³/mol. The van der Waals surface area contributed by atoms with E-state index in [1.165, 1.54) is 18.5 Å². The van der Waals surface area contributed by atoms with Gasteiger partial charge in [0.25, 0.3) is 0 Å². The van der Waals surface area contributed by atoms with E-state index in [9.17, 15) is 0 Å². The van der Waals surface area contributed by atoms with Crippen LogP contribution in [0.25, 0.3) is 0 Å². The molecule has 0 spiro atoms. The van der Waals surface area contributed by atoms with E-state index in [1.807, 2.05) is 19.1 Å². The second-order valence-electron chi connectivity index (χ2n) is 5.95. The lowest BCUT2D eigenvalue weighted by molar-refractivity contribution is 0.202. The second-order valence-corrected chi connectivity index (χ2v) is 5.95. The molecule has 0 amide bonds. The standard InChI is InChI=1S/C17H28N2O2/c1-12(18)17-15(6-5-7-16(17)21-4)19(10-11-20-3)13(2)14-8-9-14/h5-7,12-14H,8-11,18H2,1-4H3/t12-,13?/m0/s1. The van der Waals surface area contributed by atoms with Crippen LogP contribution in [0.4, 0.5) is 5.69 Å². The van der Waals surface area contributed by atoms with Gasteiger partial charge in [-0.3, -0.25) is 0 Å². The molecule has 0 radical (unpaired) electrons. The highest BCUT2D eigenvalue weighted by Gasteiger charge is 2.33. The van der Waals surface area contributed by atoms with Crippen molar-refractivity contribution in [3.8, 4) is 5.75 Å². The van der Waals surface area contributed by atoms with Gasteiger partial charge in [0, 0.05) is 37.0 Å². The van der Waals surface area contributed by atoms with E-state index in [0.717, 1.165) is 23.8 Å². The van der Waals surface area contributed by atoms with Crippen LogP contribution in [0.5, 0.6) is 5.75 Å². The fraction of sp³-hybridized carbons (Fsp3) is 0.647. The molecule has 1 aliphatic carbocycles. The minimum atomic E-state index is -0.0624. The number of hydrogen-bond donors (Lipinski definition) is 1. The summed E-state index contributed by atoms with van der Waals surface area (Å²) in [5.41, 5.74) is 8.48. The second kappa shape index (κ2) is 7.14. The van der Waals surface area contributed by atoms with Crippen LogP contribution in [0.3, 0.4) is 0 Å². The Morgan fingerprint density at radius 3 is 2.52 bits per heavy atom. The first-order chi connectivity index (χ1) is 10.1. The average Bonchev–Trinajstić information content (AvgIpc) is 3.31. The number of ether oxygens (including phenoxy) is 2. The van der Waals surface area contributed by atoms with Crippen molar-refractivity contribution in [3.63, 3.8) is 0 Å². The Balaban J connectivity index is 2.37. The average molecular weight is 292 g/mol. The van der Waals surface area contributed by atoms with Crippen LogP contribution in [-0.2, 0) is 4.74 Å². The Morgan fingerprint density at radius 2 is 2.00 bits per heavy atom. The van der Waals surface area contributed by atoms with Crippen LogP contribution < -0.4 is 15.4 Å². The molecular formula is C17H28N2O2. The van der Waals surface area contributed by atoms with E-state index in [4.69, 9.17) is 15.2 Å². The largest absolute Gasteiger partial charge is 0.496 e. The Bertz CT molecular complexity index is 458. The predicted octanol–water partition coefficient (Wildman–Crippen LogP) is 2.97. The highest BCUT2D eigenvalue weighted by atomic mass is 16.5. The first kappa shape index (κ1) is 16.1. The van der Waals surface area contributed by atoms with Crippen LogP contribution >= 0.6 is 0 Å². The lowest BCUT2D eigenvalue weighted by Gasteiger charge is -2.34.